The fourth-order valence-electron chi connectivity index (χ4n) is 5.59. The number of aryl methyl sites for hydroxylation is 2. The van der Waals surface area contributed by atoms with E-state index in [1.54, 1.807) is 21.3 Å². The van der Waals surface area contributed by atoms with Gasteiger partial charge >= 0.3 is 0 Å². The number of aliphatic imine (C=N–C) groups is 1. The molecule has 1 aliphatic carbocycles. The summed E-state index contributed by atoms with van der Waals surface area (Å²) in [6.45, 7) is 1.25. The van der Waals surface area contributed by atoms with Crippen LogP contribution in [0.5, 0.6) is 0 Å². The van der Waals surface area contributed by atoms with Gasteiger partial charge in [-0.15, -0.1) is 0 Å². The molecule has 4 unspecified atom stereocenters. The summed E-state index contributed by atoms with van der Waals surface area (Å²) in [5, 5.41) is 9.49. The first-order chi connectivity index (χ1) is 18.1. The molecule has 0 aromatic carbocycles. The van der Waals surface area contributed by atoms with Crippen molar-refractivity contribution < 1.29 is 9.59 Å². The number of H-pyrrole nitrogens is 1. The number of carbonyl (C=O) groups is 2. The van der Waals surface area contributed by atoms with Crippen LogP contribution in [0.1, 0.15) is 38.3 Å². The standard InChI is InChI=1S/C24H30Br2N10O2/c1-35-9-12(25)4-17(35)21(37)29-6-11-3-15-20(34-24(28)32-15)19(16-8-31-23(27)33-16)14(11)7-30-22(38)18-5-13(26)10-36(18)2/h4-5,9-11,14,16,19H,3,6-8H2,1-2H3,(H,29,37)(H,30,38)(H3,27,31,33)(H3,28,32,34). The maximum absolute atomic E-state index is 13.1. The van der Waals surface area contributed by atoms with Gasteiger partial charge in [0.05, 0.1) is 18.3 Å². The molecule has 5 rings (SSSR count). The Bertz CT molecular complexity index is 1410. The molecule has 0 saturated carbocycles. The van der Waals surface area contributed by atoms with Crippen molar-refractivity contribution >= 4 is 55.6 Å². The molecule has 12 nitrogen and oxygen atoms in total. The largest absolute Gasteiger partial charge is 0.370 e. The number of anilines is 1. The lowest BCUT2D eigenvalue weighted by Gasteiger charge is -2.40. The average Bonchev–Trinajstić information content (AvgIpc) is 3.61. The smallest absolute Gasteiger partial charge is 0.267 e. The van der Waals surface area contributed by atoms with E-state index in [-0.39, 0.29) is 35.6 Å². The zero-order chi connectivity index (χ0) is 27.1. The van der Waals surface area contributed by atoms with E-state index in [1.165, 1.54) is 0 Å². The highest BCUT2D eigenvalue weighted by Gasteiger charge is 2.44. The molecule has 4 atom stereocenters. The number of halogens is 2. The Morgan fingerprint density at radius 2 is 1.66 bits per heavy atom. The molecule has 4 heterocycles. The second-order valence-corrected chi connectivity index (χ2v) is 11.7. The van der Waals surface area contributed by atoms with Crippen molar-refractivity contribution in [3.05, 3.63) is 56.2 Å². The molecule has 0 spiro atoms. The molecule has 0 radical (unpaired) electrons. The number of aromatic nitrogens is 4. The second-order valence-electron chi connectivity index (χ2n) is 9.85. The van der Waals surface area contributed by atoms with Gasteiger partial charge in [-0.1, -0.05) is 0 Å². The van der Waals surface area contributed by atoms with E-state index in [0.717, 1.165) is 20.3 Å². The first-order valence-corrected chi connectivity index (χ1v) is 13.8. The van der Waals surface area contributed by atoms with Gasteiger partial charge in [0.25, 0.3) is 11.8 Å². The predicted molar refractivity (Wildman–Crippen MR) is 151 cm³/mol. The third-order valence-electron chi connectivity index (χ3n) is 7.33. The Kier molecular flexibility index (Phi) is 7.27. The van der Waals surface area contributed by atoms with Crippen molar-refractivity contribution in [2.24, 2.45) is 36.7 Å². The zero-order valence-corrected chi connectivity index (χ0v) is 24.1. The fraction of sp³-hybridized carbons (Fsp3) is 0.417. The number of carbonyl (C=O) groups excluding carboxylic acids is 2. The van der Waals surface area contributed by atoms with E-state index in [9.17, 15) is 9.59 Å². The summed E-state index contributed by atoms with van der Waals surface area (Å²) in [6.07, 6.45) is 4.29. The molecule has 3 aromatic heterocycles. The van der Waals surface area contributed by atoms with Crippen LogP contribution >= 0.6 is 31.9 Å². The number of nitrogens with two attached hydrogens (primary N) is 2. The summed E-state index contributed by atoms with van der Waals surface area (Å²) < 4.78 is 5.20. The molecule has 1 aliphatic heterocycles. The maximum atomic E-state index is 13.1. The minimum absolute atomic E-state index is 0.0240. The normalized spacial score (nSPS) is 22.5. The highest BCUT2D eigenvalue weighted by Crippen LogP contribution is 2.41. The Labute approximate surface area is 236 Å². The number of imidazole rings is 1. The maximum Gasteiger partial charge on any atom is 0.267 e. The number of nitrogen functional groups attached to an aromatic ring is 1. The van der Waals surface area contributed by atoms with Crippen molar-refractivity contribution in [3.63, 3.8) is 0 Å². The van der Waals surface area contributed by atoms with E-state index in [1.807, 2.05) is 26.5 Å². The van der Waals surface area contributed by atoms with Crippen LogP contribution in [0.2, 0.25) is 0 Å². The first kappa shape index (κ1) is 26.4. The Morgan fingerprint density at radius 3 is 2.18 bits per heavy atom. The molecule has 0 fully saturated rings. The van der Waals surface area contributed by atoms with Gasteiger partial charge in [-0.3, -0.25) is 14.6 Å². The van der Waals surface area contributed by atoms with Gasteiger partial charge in [-0.2, -0.15) is 0 Å². The van der Waals surface area contributed by atoms with Crippen LogP contribution in [-0.4, -0.2) is 62.6 Å². The summed E-state index contributed by atoms with van der Waals surface area (Å²) in [6, 6.07) is 3.44. The lowest BCUT2D eigenvalue weighted by atomic mass is 9.69. The molecule has 202 valence electrons. The summed E-state index contributed by atoms with van der Waals surface area (Å²) >= 11 is 6.85. The summed E-state index contributed by atoms with van der Waals surface area (Å²) in [4.78, 5) is 38.3. The topological polar surface area (TPSA) is 173 Å². The van der Waals surface area contributed by atoms with Crippen LogP contribution in [0.25, 0.3) is 0 Å². The quantitative estimate of drug-likeness (QED) is 0.224. The van der Waals surface area contributed by atoms with Gasteiger partial charge in [-0.25, -0.2) is 4.98 Å². The predicted octanol–water partition coefficient (Wildman–Crippen LogP) is 1.21. The highest BCUT2D eigenvalue weighted by atomic mass is 79.9. The Morgan fingerprint density at radius 1 is 1.05 bits per heavy atom. The van der Waals surface area contributed by atoms with Crippen molar-refractivity contribution in [3.8, 4) is 0 Å². The van der Waals surface area contributed by atoms with E-state index in [4.69, 9.17) is 11.5 Å². The number of amides is 2. The van der Waals surface area contributed by atoms with Crippen LogP contribution < -0.4 is 27.4 Å². The van der Waals surface area contributed by atoms with Crippen LogP contribution in [0.3, 0.4) is 0 Å². The number of hydrogen-bond donors (Lipinski definition) is 6. The number of fused-ring (bicyclic) bond motifs is 1. The monoisotopic (exact) mass is 648 g/mol. The number of nitrogens with zero attached hydrogens (tertiary/aromatic N) is 4. The molecule has 2 aliphatic rings. The van der Waals surface area contributed by atoms with Crippen molar-refractivity contribution in [1.29, 1.82) is 0 Å². The van der Waals surface area contributed by atoms with Gasteiger partial charge in [0.2, 0.25) is 0 Å². The van der Waals surface area contributed by atoms with Gasteiger partial charge in [0.15, 0.2) is 11.9 Å². The van der Waals surface area contributed by atoms with Gasteiger partial charge in [0.1, 0.15) is 11.4 Å². The summed E-state index contributed by atoms with van der Waals surface area (Å²) in [7, 11) is 3.65. The first-order valence-electron chi connectivity index (χ1n) is 12.2. The lowest BCUT2D eigenvalue weighted by Crippen LogP contribution is -2.50. The Hall–Kier alpha value is -3.26. The van der Waals surface area contributed by atoms with Crippen LogP contribution in [0, 0.1) is 11.8 Å². The third-order valence-corrected chi connectivity index (χ3v) is 8.20. The van der Waals surface area contributed by atoms with Crippen LogP contribution in [0.4, 0.5) is 5.95 Å². The van der Waals surface area contributed by atoms with E-state index in [0.29, 0.717) is 49.4 Å². The number of guanidine groups is 1. The molecule has 38 heavy (non-hydrogen) atoms. The van der Waals surface area contributed by atoms with Crippen molar-refractivity contribution in [1.82, 2.24) is 35.1 Å². The average molecular weight is 650 g/mol. The minimum atomic E-state index is -0.184. The molecule has 14 heteroatoms. The molecular weight excluding hydrogens is 620 g/mol. The number of aromatic amines is 1. The molecule has 0 bridgehead atoms. The molecule has 8 N–H and O–H groups in total. The fourth-order valence-corrected chi connectivity index (χ4v) is 6.64. The van der Waals surface area contributed by atoms with E-state index in [2.05, 4.69) is 62.8 Å². The molecule has 0 saturated heterocycles. The van der Waals surface area contributed by atoms with Crippen LogP contribution in [-0.2, 0) is 20.5 Å². The number of rotatable bonds is 7. The molecular formula is C24H30Br2N10O2. The van der Waals surface area contributed by atoms with Crippen molar-refractivity contribution in [2.75, 3.05) is 25.4 Å². The third kappa shape index (κ3) is 5.19. The molecule has 2 amide bonds. The second kappa shape index (κ2) is 10.5. The number of hydrogen-bond acceptors (Lipinski definition) is 7. The number of nitrogens with one attached hydrogen (secondary N) is 4. The van der Waals surface area contributed by atoms with Gasteiger partial charge < -0.3 is 41.5 Å². The zero-order valence-electron chi connectivity index (χ0n) is 21.0. The lowest BCUT2D eigenvalue weighted by molar-refractivity contribution is 0.0894. The SMILES string of the molecule is Cn1cc(Br)cc1C(=O)NCC1Cc2[nH]c(N)nc2C(C2CN=C(N)N2)C1CNC(=O)c1cc(Br)cn1C. The van der Waals surface area contributed by atoms with Crippen molar-refractivity contribution in [2.45, 2.75) is 18.4 Å². The van der Waals surface area contributed by atoms with E-state index < -0.39 is 0 Å². The highest BCUT2D eigenvalue weighted by molar-refractivity contribution is 9.10. The summed E-state index contributed by atoms with van der Waals surface area (Å²) in [5.41, 5.74) is 14.9. The Balaban J connectivity index is 1.42. The van der Waals surface area contributed by atoms with Gasteiger partial charge in [0, 0.05) is 60.1 Å². The minimum Gasteiger partial charge on any atom is -0.370 e. The molecule has 3 aromatic rings. The van der Waals surface area contributed by atoms with Gasteiger partial charge in [-0.05, 0) is 62.2 Å². The summed E-state index contributed by atoms with van der Waals surface area (Å²) in [5.74, 6) is 0.0936. The van der Waals surface area contributed by atoms with Crippen LogP contribution in [0.15, 0.2) is 38.5 Å². The van der Waals surface area contributed by atoms with E-state index >= 15 is 0 Å².